The van der Waals surface area contributed by atoms with Gasteiger partial charge in [0.2, 0.25) is 11.8 Å². The smallest absolute Gasteiger partial charge is 0.341 e. The average molecular weight is 409 g/mol. The average Bonchev–Trinajstić information content (AvgIpc) is 2.90. The maximum absolute atomic E-state index is 14.1. The summed E-state index contributed by atoms with van der Waals surface area (Å²) in [5.74, 6) is -1.34. The van der Waals surface area contributed by atoms with Crippen LogP contribution in [0.25, 0.3) is 0 Å². The summed E-state index contributed by atoms with van der Waals surface area (Å²) in [6.07, 6.45) is 0. The zero-order valence-electron chi connectivity index (χ0n) is 17.2. The van der Waals surface area contributed by atoms with Gasteiger partial charge in [-0.05, 0) is 33.8 Å². The molecule has 1 aromatic carbocycles. The highest BCUT2D eigenvalue weighted by molar-refractivity contribution is 6.18. The number of H-pyrrole nitrogens is 1. The Labute approximate surface area is 173 Å². The number of pyridine rings is 1. The van der Waals surface area contributed by atoms with E-state index in [1.165, 1.54) is 0 Å². The number of amides is 1. The monoisotopic (exact) mass is 409 g/mol. The second-order valence-electron chi connectivity index (χ2n) is 7.62. The Balaban J connectivity index is 2.18. The molecule has 0 fully saturated rings. The molecule has 30 heavy (non-hydrogen) atoms. The number of nitrogens with one attached hydrogen (secondary N) is 1. The van der Waals surface area contributed by atoms with Crippen LogP contribution in [-0.4, -0.2) is 29.5 Å². The van der Waals surface area contributed by atoms with E-state index in [0.717, 1.165) is 0 Å². The third-order valence-corrected chi connectivity index (χ3v) is 5.45. The van der Waals surface area contributed by atoms with Crippen molar-refractivity contribution in [3.05, 3.63) is 69.0 Å². The van der Waals surface area contributed by atoms with Gasteiger partial charge in [0.05, 0.1) is 12.2 Å². The van der Waals surface area contributed by atoms with Crippen LogP contribution in [0.1, 0.15) is 37.6 Å². The van der Waals surface area contributed by atoms with Crippen molar-refractivity contribution in [1.82, 2.24) is 4.98 Å². The zero-order valence-corrected chi connectivity index (χ0v) is 17.2. The maximum Gasteiger partial charge on any atom is 0.341 e. The van der Waals surface area contributed by atoms with Crippen LogP contribution in [0.4, 0.5) is 5.69 Å². The number of nitrogens with zero attached hydrogens (tertiary/aromatic N) is 1. The molecule has 1 atom stereocenters. The summed E-state index contributed by atoms with van der Waals surface area (Å²) in [5.41, 5.74) is 5.42. The van der Waals surface area contributed by atoms with Crippen molar-refractivity contribution in [3.8, 4) is 5.75 Å². The summed E-state index contributed by atoms with van der Waals surface area (Å²) in [7, 11) is 0. The molecule has 2 aliphatic heterocycles. The number of nitrogens with two attached hydrogens (primary N) is 1. The molecule has 1 spiro atoms. The van der Waals surface area contributed by atoms with Crippen LogP contribution in [0.2, 0.25) is 0 Å². The highest BCUT2D eigenvalue weighted by Crippen LogP contribution is 2.54. The number of rotatable bonds is 3. The molecule has 4 rings (SSSR count). The number of anilines is 1. The summed E-state index contributed by atoms with van der Waals surface area (Å²) < 4.78 is 10.9. The van der Waals surface area contributed by atoms with E-state index in [1.807, 2.05) is 13.8 Å². The number of aryl methyl sites for hydroxylation is 1. The highest BCUT2D eigenvalue weighted by atomic mass is 16.5. The van der Waals surface area contributed by atoms with Crippen molar-refractivity contribution in [3.63, 3.8) is 0 Å². The van der Waals surface area contributed by atoms with Crippen LogP contribution < -0.4 is 20.9 Å². The topological polar surface area (TPSA) is 115 Å². The van der Waals surface area contributed by atoms with Crippen molar-refractivity contribution in [1.29, 1.82) is 0 Å². The van der Waals surface area contributed by atoms with Gasteiger partial charge in [-0.3, -0.25) is 9.59 Å². The first kappa shape index (κ1) is 19.8. The largest absolute Gasteiger partial charge is 0.462 e. The first-order chi connectivity index (χ1) is 14.2. The van der Waals surface area contributed by atoms with Crippen molar-refractivity contribution >= 4 is 17.6 Å². The number of aromatic nitrogens is 1. The van der Waals surface area contributed by atoms with Crippen LogP contribution in [0, 0.1) is 6.92 Å². The minimum atomic E-state index is -1.76. The van der Waals surface area contributed by atoms with Gasteiger partial charge in [0.15, 0.2) is 0 Å². The second kappa shape index (κ2) is 6.76. The Morgan fingerprint density at radius 3 is 2.67 bits per heavy atom. The van der Waals surface area contributed by atoms with E-state index >= 15 is 0 Å². The van der Waals surface area contributed by atoms with E-state index in [4.69, 9.17) is 15.2 Å². The fourth-order valence-electron chi connectivity index (χ4n) is 4.43. The van der Waals surface area contributed by atoms with Gasteiger partial charge in [-0.25, -0.2) is 4.79 Å². The molecule has 0 aliphatic carbocycles. The third-order valence-electron chi connectivity index (χ3n) is 5.45. The Morgan fingerprint density at radius 1 is 1.30 bits per heavy atom. The lowest BCUT2D eigenvalue weighted by molar-refractivity contribution is -0.141. The molecule has 2 aromatic rings. The highest BCUT2D eigenvalue weighted by Gasteiger charge is 2.62. The standard InChI is InChI=1S/C22H23N3O5/c1-5-29-20(27)17-18(23)30-15-10-12(4)24-19(26)16(15)22(17)13-8-6-7-9-14(13)25(11(2)3)21(22)28/h6-11H,5,23H2,1-4H3,(H,24,26). The number of hydrogen-bond donors (Lipinski definition) is 2. The molecule has 1 aromatic heterocycles. The number of aromatic amines is 1. The van der Waals surface area contributed by atoms with E-state index in [9.17, 15) is 14.4 Å². The molecule has 8 heteroatoms. The molecule has 0 radical (unpaired) electrons. The van der Waals surface area contributed by atoms with Gasteiger partial charge in [0.1, 0.15) is 16.7 Å². The molecule has 0 saturated carbocycles. The first-order valence-corrected chi connectivity index (χ1v) is 9.77. The lowest BCUT2D eigenvalue weighted by Gasteiger charge is -2.35. The van der Waals surface area contributed by atoms with E-state index in [0.29, 0.717) is 16.9 Å². The van der Waals surface area contributed by atoms with Gasteiger partial charge in [-0.15, -0.1) is 0 Å². The van der Waals surface area contributed by atoms with Gasteiger partial charge < -0.3 is 25.1 Å². The normalized spacial score (nSPS) is 19.8. The molecule has 3 N–H and O–H groups in total. The number of ether oxygens (including phenoxy) is 2. The number of para-hydroxylation sites is 1. The minimum Gasteiger partial charge on any atom is -0.462 e. The number of esters is 1. The number of carbonyl (C=O) groups is 2. The molecule has 1 unspecified atom stereocenters. The van der Waals surface area contributed by atoms with E-state index in [-0.39, 0.29) is 35.4 Å². The van der Waals surface area contributed by atoms with E-state index in [2.05, 4.69) is 4.98 Å². The van der Waals surface area contributed by atoms with Crippen LogP contribution >= 0.6 is 0 Å². The Kier molecular flexibility index (Phi) is 4.45. The molecular weight excluding hydrogens is 386 g/mol. The van der Waals surface area contributed by atoms with Crippen LogP contribution in [-0.2, 0) is 19.7 Å². The second-order valence-corrected chi connectivity index (χ2v) is 7.62. The Hall–Kier alpha value is -3.55. The fourth-order valence-corrected chi connectivity index (χ4v) is 4.43. The van der Waals surface area contributed by atoms with Crippen LogP contribution in [0.5, 0.6) is 5.75 Å². The van der Waals surface area contributed by atoms with Crippen molar-refractivity contribution in [2.45, 2.75) is 39.2 Å². The maximum atomic E-state index is 14.1. The summed E-state index contributed by atoms with van der Waals surface area (Å²) in [6.45, 7) is 7.16. The molecule has 0 saturated heterocycles. The van der Waals surface area contributed by atoms with E-state index in [1.54, 1.807) is 49.1 Å². The lowest BCUT2D eigenvalue weighted by Crippen LogP contribution is -2.52. The van der Waals surface area contributed by atoms with Crippen molar-refractivity contribution in [2.75, 3.05) is 11.5 Å². The summed E-state index contributed by atoms with van der Waals surface area (Å²) in [6, 6.07) is 8.46. The lowest BCUT2D eigenvalue weighted by atomic mass is 9.68. The Bertz CT molecular complexity index is 1160. The molecular formula is C22H23N3O5. The zero-order chi connectivity index (χ0) is 21.8. The van der Waals surface area contributed by atoms with Crippen molar-refractivity contribution < 1.29 is 19.1 Å². The molecule has 8 nitrogen and oxygen atoms in total. The van der Waals surface area contributed by atoms with Gasteiger partial charge in [-0.2, -0.15) is 0 Å². The minimum absolute atomic E-state index is 0.0333. The summed E-state index contributed by atoms with van der Waals surface area (Å²) in [5, 5.41) is 0. The molecule has 2 aliphatic rings. The number of benzene rings is 1. The van der Waals surface area contributed by atoms with Crippen molar-refractivity contribution in [2.24, 2.45) is 5.73 Å². The van der Waals surface area contributed by atoms with Gasteiger partial charge >= 0.3 is 5.97 Å². The fraction of sp³-hybridized carbons (Fsp3) is 0.318. The summed E-state index contributed by atoms with van der Waals surface area (Å²) in [4.78, 5) is 44.6. The summed E-state index contributed by atoms with van der Waals surface area (Å²) >= 11 is 0. The first-order valence-electron chi connectivity index (χ1n) is 9.77. The predicted octanol–water partition coefficient (Wildman–Crippen LogP) is 1.85. The predicted molar refractivity (Wildman–Crippen MR) is 110 cm³/mol. The number of hydrogen-bond acceptors (Lipinski definition) is 6. The SMILES string of the molecule is CCOC(=O)C1=C(N)Oc2cc(C)[nH]c(=O)c2C12C(=O)N(C(C)C)c1ccccc12. The van der Waals surface area contributed by atoms with Gasteiger partial charge in [-0.1, -0.05) is 18.2 Å². The van der Waals surface area contributed by atoms with Gasteiger partial charge in [0, 0.05) is 29.1 Å². The molecule has 0 bridgehead atoms. The number of carbonyl (C=O) groups excluding carboxylic acids is 2. The number of fused-ring (bicyclic) bond motifs is 4. The van der Waals surface area contributed by atoms with Crippen LogP contribution in [0.3, 0.4) is 0 Å². The van der Waals surface area contributed by atoms with Crippen LogP contribution in [0.15, 0.2) is 46.6 Å². The quantitative estimate of drug-likeness (QED) is 0.748. The molecule has 1 amide bonds. The molecule has 156 valence electrons. The van der Waals surface area contributed by atoms with Gasteiger partial charge in [0.25, 0.3) is 5.56 Å². The molecule has 3 heterocycles. The Morgan fingerprint density at radius 2 is 2.00 bits per heavy atom. The van der Waals surface area contributed by atoms with E-state index < -0.39 is 22.9 Å². The third kappa shape index (κ3) is 2.43.